The second-order valence-electron chi connectivity index (χ2n) is 4.02. The van der Waals surface area contributed by atoms with Gasteiger partial charge in [0.2, 0.25) is 0 Å². The van der Waals surface area contributed by atoms with Gasteiger partial charge in [-0.2, -0.15) is 0 Å². The molecule has 0 aliphatic carbocycles. The third-order valence-corrected chi connectivity index (χ3v) is 2.94. The maximum Gasteiger partial charge on any atom is 0.147 e. The number of hydrogen-bond acceptors (Lipinski definition) is 2. The topological polar surface area (TPSA) is 44.9 Å². The van der Waals surface area contributed by atoms with E-state index < -0.39 is 0 Å². The molecule has 0 spiro atoms. The number of carbonyl (C=O) groups is 1. The van der Waals surface area contributed by atoms with Gasteiger partial charge in [-0.1, -0.05) is 32.0 Å². The molecule has 0 saturated heterocycles. The molecule has 1 unspecified atom stereocenters. The Morgan fingerprint density at radius 1 is 1.39 bits per heavy atom. The Bertz CT molecular complexity index is 511. The number of aromatic amines is 1. The van der Waals surface area contributed by atoms with Gasteiger partial charge in [0.15, 0.2) is 0 Å². The number of Topliss-reactive ketones (excluding diaryl/α,β-unsaturated/α-hetero) is 1. The summed E-state index contributed by atoms with van der Waals surface area (Å²) in [7, 11) is 1.82. The van der Waals surface area contributed by atoms with Crippen LogP contribution in [0.25, 0.3) is 10.9 Å². The molecule has 1 heterocycles. The monoisotopic (exact) mass is 250 g/mol. The zero-order valence-electron chi connectivity index (χ0n) is 11.6. The van der Waals surface area contributed by atoms with Crippen molar-refractivity contribution in [2.45, 2.75) is 33.2 Å². The Morgan fingerprint density at radius 3 is 2.67 bits per heavy atom. The molecule has 102 valence electrons. The van der Waals surface area contributed by atoms with Crippen molar-refractivity contribution in [2.75, 3.05) is 7.05 Å². The van der Waals surface area contributed by atoms with Gasteiger partial charge in [0.1, 0.15) is 5.78 Å². The number of ketones is 1. The lowest BCUT2D eigenvalue weighted by atomic mass is 10.0. The van der Waals surface area contributed by atoms with Crippen molar-refractivity contribution < 1.29 is 7.65 Å². The molecule has 18 heavy (non-hydrogen) atoms. The Morgan fingerprint density at radius 2 is 2.06 bits per heavy atom. The van der Waals surface area contributed by atoms with Crippen LogP contribution < -0.4 is 5.32 Å². The molecule has 3 nitrogen and oxygen atoms in total. The number of nitrogens with one attached hydrogen (secondary N) is 2. The molecule has 0 aliphatic rings. The Labute approximate surface area is 112 Å². The second-order valence-corrected chi connectivity index (χ2v) is 4.02. The first-order valence-corrected chi connectivity index (χ1v) is 6.45. The molecule has 2 N–H and O–H groups in total. The fourth-order valence-electron chi connectivity index (χ4n) is 1.97. The van der Waals surface area contributed by atoms with Gasteiger partial charge in [0, 0.05) is 20.0 Å². The summed E-state index contributed by atoms with van der Waals surface area (Å²) in [5, 5.41) is 4.24. The highest BCUT2D eigenvalue weighted by Crippen LogP contribution is 2.19. The van der Waals surface area contributed by atoms with Gasteiger partial charge >= 0.3 is 0 Å². The van der Waals surface area contributed by atoms with Gasteiger partial charge < -0.3 is 10.3 Å². The summed E-state index contributed by atoms with van der Waals surface area (Å²) in [5.41, 5.74) is 2.31. The average Bonchev–Trinajstić information content (AvgIpc) is 2.81. The summed E-state index contributed by atoms with van der Waals surface area (Å²) in [6.07, 6.45) is 2.72. The van der Waals surface area contributed by atoms with E-state index in [1.807, 2.05) is 45.3 Å². The van der Waals surface area contributed by atoms with E-state index in [1.165, 1.54) is 10.9 Å². The quantitative estimate of drug-likeness (QED) is 0.873. The smallest absolute Gasteiger partial charge is 0.147 e. The van der Waals surface area contributed by atoms with Crippen molar-refractivity contribution in [1.29, 1.82) is 0 Å². The predicted octanol–water partition coefficient (Wildman–Crippen LogP) is 3.41. The minimum atomic E-state index is -0.0980. The van der Waals surface area contributed by atoms with Crippen molar-refractivity contribution in [2.24, 2.45) is 0 Å². The molecule has 0 amide bonds. The van der Waals surface area contributed by atoms with E-state index in [4.69, 9.17) is 0 Å². The fraction of sp³-hybridized carbons (Fsp3) is 0.400. The second kappa shape index (κ2) is 6.97. The molecule has 1 atom stereocenters. The average molecular weight is 250 g/mol. The Hall–Kier alpha value is -1.61. The van der Waals surface area contributed by atoms with Gasteiger partial charge in [0.25, 0.3) is 0 Å². The lowest BCUT2D eigenvalue weighted by molar-refractivity contribution is -0.118. The molecule has 0 saturated carbocycles. The van der Waals surface area contributed by atoms with Crippen molar-refractivity contribution in [3.8, 4) is 0 Å². The van der Waals surface area contributed by atoms with E-state index in [9.17, 15) is 4.79 Å². The van der Waals surface area contributed by atoms with Crippen molar-refractivity contribution >= 4 is 16.7 Å². The maximum atomic E-state index is 11.4. The number of fused-ring (bicyclic) bond motifs is 1. The van der Waals surface area contributed by atoms with Crippen LogP contribution in [0.5, 0.6) is 0 Å². The molecule has 0 aliphatic heterocycles. The molecular weight excluding hydrogens is 224 g/mol. The SMILES string of the molecule is CC.CNC(Cc1c[nH]c2ccccc12)C(C)=O.[HH].[HH]. The van der Waals surface area contributed by atoms with E-state index in [0.29, 0.717) is 0 Å². The van der Waals surface area contributed by atoms with Crippen LogP contribution in [0.4, 0.5) is 0 Å². The first kappa shape index (κ1) is 14.5. The molecule has 3 heteroatoms. The van der Waals surface area contributed by atoms with E-state index >= 15 is 0 Å². The molecule has 2 rings (SSSR count). The first-order valence-electron chi connectivity index (χ1n) is 6.45. The minimum Gasteiger partial charge on any atom is -0.361 e. The van der Waals surface area contributed by atoms with E-state index in [0.717, 1.165) is 11.9 Å². The van der Waals surface area contributed by atoms with Crippen LogP contribution in [0.2, 0.25) is 0 Å². The summed E-state index contributed by atoms with van der Waals surface area (Å²) < 4.78 is 0. The molecule has 0 bridgehead atoms. The van der Waals surface area contributed by atoms with Crippen LogP contribution in [0.15, 0.2) is 30.5 Å². The summed E-state index contributed by atoms with van der Waals surface area (Å²) in [6.45, 7) is 5.62. The highest BCUT2D eigenvalue weighted by molar-refractivity contribution is 5.86. The number of carbonyl (C=O) groups excluding carboxylic acids is 1. The van der Waals surface area contributed by atoms with Crippen molar-refractivity contribution in [3.05, 3.63) is 36.0 Å². The van der Waals surface area contributed by atoms with Crippen LogP contribution in [0.1, 0.15) is 29.2 Å². The van der Waals surface area contributed by atoms with E-state index in [-0.39, 0.29) is 14.7 Å². The number of benzene rings is 1. The normalized spacial score (nSPS) is 11.8. The summed E-state index contributed by atoms with van der Waals surface area (Å²) in [6, 6.07) is 8.04. The zero-order valence-corrected chi connectivity index (χ0v) is 11.6. The van der Waals surface area contributed by atoms with Gasteiger partial charge in [-0.15, -0.1) is 0 Å². The van der Waals surface area contributed by atoms with Crippen molar-refractivity contribution in [3.63, 3.8) is 0 Å². The number of H-pyrrole nitrogens is 1. The van der Waals surface area contributed by atoms with E-state index in [2.05, 4.69) is 16.4 Å². The van der Waals surface area contributed by atoms with Crippen LogP contribution in [0.3, 0.4) is 0 Å². The standard InChI is InChI=1S/C13H16N2O.C2H6.2H2/c1-9(16)13(14-2)7-10-8-15-12-6-4-3-5-11(10)12;1-2;;/h3-6,8,13-15H,7H2,1-2H3;1-2H3;2*1H. The first-order chi connectivity index (χ1) is 8.72. The molecule has 0 radical (unpaired) electrons. The molecule has 1 aromatic heterocycles. The highest BCUT2D eigenvalue weighted by Gasteiger charge is 2.14. The zero-order chi connectivity index (χ0) is 13.5. The minimum absolute atomic E-state index is 0. The van der Waals surface area contributed by atoms with Gasteiger partial charge in [0.05, 0.1) is 6.04 Å². The largest absolute Gasteiger partial charge is 0.361 e. The van der Waals surface area contributed by atoms with Gasteiger partial charge in [-0.25, -0.2) is 0 Å². The molecule has 0 fully saturated rings. The molecule has 2 aromatic rings. The number of para-hydroxylation sites is 1. The molecule has 1 aromatic carbocycles. The number of hydrogen-bond donors (Lipinski definition) is 2. The third-order valence-electron chi connectivity index (χ3n) is 2.94. The Balaban J connectivity index is 0. The van der Waals surface area contributed by atoms with Crippen LogP contribution in [-0.2, 0) is 11.2 Å². The lowest BCUT2D eigenvalue weighted by Gasteiger charge is -2.11. The number of likely N-dealkylation sites (N-methyl/N-ethyl adjacent to an activating group) is 1. The predicted molar refractivity (Wildman–Crippen MR) is 81.1 cm³/mol. The highest BCUT2D eigenvalue weighted by atomic mass is 16.1. The summed E-state index contributed by atoms with van der Waals surface area (Å²) in [4.78, 5) is 14.6. The van der Waals surface area contributed by atoms with Gasteiger partial charge in [-0.3, -0.25) is 4.79 Å². The van der Waals surface area contributed by atoms with Crippen molar-refractivity contribution in [1.82, 2.24) is 10.3 Å². The van der Waals surface area contributed by atoms with Gasteiger partial charge in [-0.05, 0) is 32.0 Å². The summed E-state index contributed by atoms with van der Waals surface area (Å²) in [5.74, 6) is 0.174. The Kier molecular flexibility index (Phi) is 5.59. The number of aromatic nitrogens is 1. The fourth-order valence-corrected chi connectivity index (χ4v) is 1.97. The lowest BCUT2D eigenvalue weighted by Crippen LogP contribution is -2.34. The third kappa shape index (κ3) is 3.20. The van der Waals surface area contributed by atoms with E-state index in [1.54, 1.807) is 6.92 Å². The number of rotatable bonds is 4. The van der Waals surface area contributed by atoms with Crippen LogP contribution in [0, 0.1) is 0 Å². The maximum absolute atomic E-state index is 11.4. The summed E-state index contributed by atoms with van der Waals surface area (Å²) >= 11 is 0. The van der Waals surface area contributed by atoms with Crippen LogP contribution >= 0.6 is 0 Å². The van der Waals surface area contributed by atoms with Crippen LogP contribution in [-0.4, -0.2) is 23.9 Å². The molecular formula is C15H26N2O.